The fourth-order valence-electron chi connectivity index (χ4n) is 3.04. The number of amides is 1. The molecule has 0 radical (unpaired) electrons. The molecule has 9 nitrogen and oxygen atoms in total. The molecule has 1 aliphatic heterocycles. The van der Waals surface area contributed by atoms with E-state index in [1.54, 1.807) is 0 Å². The Labute approximate surface area is 153 Å². The van der Waals surface area contributed by atoms with Gasteiger partial charge in [0.2, 0.25) is 5.91 Å². The van der Waals surface area contributed by atoms with Gasteiger partial charge < -0.3 is 15.2 Å². The van der Waals surface area contributed by atoms with Crippen LogP contribution in [0.3, 0.4) is 0 Å². The van der Waals surface area contributed by atoms with Crippen LogP contribution in [0.4, 0.5) is 5.82 Å². The first kappa shape index (κ1) is 18.1. The van der Waals surface area contributed by atoms with Crippen molar-refractivity contribution in [1.82, 2.24) is 15.2 Å². The van der Waals surface area contributed by atoms with Crippen molar-refractivity contribution in [2.75, 3.05) is 12.4 Å². The number of hydrogen-bond donors (Lipinski definition) is 3. The second-order valence-corrected chi connectivity index (χ2v) is 5.69. The van der Waals surface area contributed by atoms with Crippen molar-refractivity contribution in [2.24, 2.45) is 0 Å². The van der Waals surface area contributed by atoms with Gasteiger partial charge in [0, 0.05) is 29.0 Å². The van der Waals surface area contributed by atoms with Crippen LogP contribution in [0.1, 0.15) is 34.1 Å². The highest BCUT2D eigenvalue weighted by Crippen LogP contribution is 2.38. The number of ether oxygens (including phenoxy) is 1. The van der Waals surface area contributed by atoms with Gasteiger partial charge in [0.15, 0.2) is 5.82 Å². The van der Waals surface area contributed by atoms with Crippen molar-refractivity contribution in [1.29, 1.82) is 0 Å². The number of hydrogen-bond acceptors (Lipinski definition) is 6. The topological polar surface area (TPSA) is 134 Å². The first-order valence-corrected chi connectivity index (χ1v) is 7.99. The lowest BCUT2D eigenvalue weighted by Crippen LogP contribution is -2.25. The zero-order valence-electron chi connectivity index (χ0n) is 14.3. The van der Waals surface area contributed by atoms with Crippen molar-refractivity contribution >= 4 is 35.1 Å². The molecule has 0 fully saturated rings. The maximum absolute atomic E-state index is 12.0. The molecule has 2 aromatic heterocycles. The van der Waals surface area contributed by atoms with Gasteiger partial charge in [0.25, 0.3) is 6.47 Å². The predicted molar refractivity (Wildman–Crippen MR) is 95.5 cm³/mol. The molecule has 0 saturated heterocycles. The fourth-order valence-corrected chi connectivity index (χ4v) is 3.04. The molecule has 1 aliphatic rings. The molecule has 1 aromatic carbocycles. The Morgan fingerprint density at radius 3 is 2.78 bits per heavy atom. The summed E-state index contributed by atoms with van der Waals surface area (Å²) in [5, 5.41) is 17.3. The van der Waals surface area contributed by atoms with Crippen molar-refractivity contribution < 1.29 is 24.2 Å². The van der Waals surface area contributed by atoms with Crippen LogP contribution in [-0.4, -0.2) is 45.7 Å². The molecule has 3 heterocycles. The van der Waals surface area contributed by atoms with Crippen molar-refractivity contribution in [3.8, 4) is 0 Å². The smallest absolute Gasteiger partial charge is 0.356 e. The summed E-state index contributed by atoms with van der Waals surface area (Å²) in [6.45, 7) is -0.250. The lowest BCUT2D eigenvalue weighted by atomic mass is 9.88. The number of methoxy groups -OCH3 is 1. The highest BCUT2D eigenvalue weighted by atomic mass is 16.5. The normalized spacial score (nSPS) is 15.1. The first-order valence-electron chi connectivity index (χ1n) is 7.99. The maximum atomic E-state index is 12.0. The van der Waals surface area contributed by atoms with Crippen LogP contribution in [-0.2, 0) is 14.3 Å². The van der Waals surface area contributed by atoms with Crippen molar-refractivity contribution in [2.45, 2.75) is 12.3 Å². The van der Waals surface area contributed by atoms with E-state index in [0.717, 1.165) is 16.6 Å². The number of aromatic amines is 1. The standard InChI is InChI=1S/C17H14N4O3.CH2O2/c1-24-17(23)15-14-10(8-13(22)19-16(14)21-20-15)12-7-6-9-4-2-3-5-11(9)18-12;2-1-3/h2-7,10H,8H2,1H3,(H2,19,20,21,22);1H,(H,2,3). The molecule has 0 spiro atoms. The Morgan fingerprint density at radius 1 is 1.30 bits per heavy atom. The number of pyridine rings is 1. The second kappa shape index (κ2) is 7.65. The minimum atomic E-state index is -0.523. The van der Waals surface area contributed by atoms with E-state index in [1.807, 2.05) is 36.4 Å². The number of para-hydroxylation sites is 1. The molecule has 0 bridgehead atoms. The van der Waals surface area contributed by atoms with E-state index in [-0.39, 0.29) is 30.4 Å². The first-order chi connectivity index (χ1) is 13.1. The zero-order chi connectivity index (χ0) is 19.4. The molecular weight excluding hydrogens is 352 g/mol. The maximum Gasteiger partial charge on any atom is 0.356 e. The Bertz CT molecular complexity index is 1010. The van der Waals surface area contributed by atoms with Crippen molar-refractivity contribution in [3.05, 3.63) is 53.3 Å². The van der Waals surface area contributed by atoms with Crippen molar-refractivity contribution in [3.63, 3.8) is 0 Å². The third-order valence-electron chi connectivity index (χ3n) is 4.17. The summed E-state index contributed by atoms with van der Waals surface area (Å²) in [5.41, 5.74) is 2.42. The van der Waals surface area contributed by atoms with E-state index in [2.05, 4.69) is 20.5 Å². The van der Waals surface area contributed by atoms with Gasteiger partial charge in [-0.3, -0.25) is 19.7 Å². The molecule has 0 aliphatic carbocycles. The predicted octanol–water partition coefficient (Wildman–Crippen LogP) is 1.92. The number of rotatable bonds is 2. The van der Waals surface area contributed by atoms with Crippen LogP contribution >= 0.6 is 0 Å². The van der Waals surface area contributed by atoms with Gasteiger partial charge in [-0.15, -0.1) is 0 Å². The molecule has 0 saturated carbocycles. The molecule has 4 rings (SSSR count). The lowest BCUT2D eigenvalue weighted by Gasteiger charge is -2.22. The Hall–Kier alpha value is -3.75. The van der Waals surface area contributed by atoms with E-state index in [4.69, 9.17) is 14.6 Å². The van der Waals surface area contributed by atoms with E-state index in [0.29, 0.717) is 11.4 Å². The molecule has 1 unspecified atom stereocenters. The van der Waals surface area contributed by atoms with E-state index in [9.17, 15) is 9.59 Å². The Kier molecular flexibility index (Phi) is 5.11. The van der Waals surface area contributed by atoms with E-state index in [1.165, 1.54) is 7.11 Å². The van der Waals surface area contributed by atoms with Crippen LogP contribution in [0.2, 0.25) is 0 Å². The Morgan fingerprint density at radius 2 is 2.04 bits per heavy atom. The quantitative estimate of drug-likeness (QED) is 0.464. The third kappa shape index (κ3) is 3.47. The number of benzene rings is 1. The number of nitrogens with zero attached hydrogens (tertiary/aromatic N) is 2. The summed E-state index contributed by atoms with van der Waals surface area (Å²) < 4.78 is 4.80. The van der Waals surface area contributed by atoms with Crippen LogP contribution in [0, 0.1) is 0 Å². The van der Waals surface area contributed by atoms with Gasteiger partial charge in [-0.05, 0) is 12.1 Å². The number of aromatic nitrogens is 3. The number of H-pyrrole nitrogens is 1. The highest BCUT2D eigenvalue weighted by molar-refractivity contribution is 5.98. The average molecular weight is 368 g/mol. The van der Waals surface area contributed by atoms with Gasteiger partial charge in [-0.25, -0.2) is 4.79 Å². The minimum Gasteiger partial charge on any atom is -0.483 e. The summed E-state index contributed by atoms with van der Waals surface area (Å²) in [6.07, 6.45) is 0.196. The second-order valence-electron chi connectivity index (χ2n) is 5.69. The van der Waals surface area contributed by atoms with Crippen LogP contribution in [0.5, 0.6) is 0 Å². The van der Waals surface area contributed by atoms with Crippen LogP contribution < -0.4 is 5.32 Å². The molecule has 9 heteroatoms. The largest absolute Gasteiger partial charge is 0.483 e. The molecule has 138 valence electrons. The summed E-state index contributed by atoms with van der Waals surface area (Å²) in [7, 11) is 1.31. The molecule has 3 N–H and O–H groups in total. The molecule has 3 aromatic rings. The molecule has 1 amide bonds. The number of fused-ring (bicyclic) bond motifs is 2. The average Bonchev–Trinajstić information content (AvgIpc) is 3.10. The van der Waals surface area contributed by atoms with Gasteiger partial charge in [-0.2, -0.15) is 5.10 Å². The third-order valence-corrected chi connectivity index (χ3v) is 4.17. The lowest BCUT2D eigenvalue weighted by molar-refractivity contribution is -0.123. The minimum absolute atomic E-state index is 0.162. The summed E-state index contributed by atoms with van der Waals surface area (Å²) in [6, 6.07) is 11.6. The van der Waals surface area contributed by atoms with Gasteiger partial charge in [-0.1, -0.05) is 24.3 Å². The highest BCUT2D eigenvalue weighted by Gasteiger charge is 2.34. The van der Waals surface area contributed by atoms with E-state index < -0.39 is 5.97 Å². The number of nitrogens with one attached hydrogen (secondary N) is 2. The van der Waals surface area contributed by atoms with Gasteiger partial charge in [0.05, 0.1) is 12.6 Å². The molecule has 1 atom stereocenters. The van der Waals surface area contributed by atoms with Crippen LogP contribution in [0.25, 0.3) is 10.9 Å². The number of carbonyl (C=O) groups is 3. The summed E-state index contributed by atoms with van der Waals surface area (Å²) in [5.74, 6) is -0.686. The zero-order valence-corrected chi connectivity index (χ0v) is 14.3. The summed E-state index contributed by atoms with van der Waals surface area (Å²) >= 11 is 0. The SMILES string of the molecule is COC(=O)c1[nH]nc2c1C(c1ccc3ccccc3n1)CC(=O)N2.O=CO. The molecule has 27 heavy (non-hydrogen) atoms. The number of carboxylic acid groups (broad SMARTS) is 1. The Balaban J connectivity index is 0.000000659. The van der Waals surface area contributed by atoms with E-state index >= 15 is 0 Å². The van der Waals surface area contributed by atoms with Gasteiger partial charge >= 0.3 is 5.97 Å². The monoisotopic (exact) mass is 368 g/mol. The van der Waals surface area contributed by atoms with Gasteiger partial charge in [0.1, 0.15) is 5.69 Å². The number of carbonyl (C=O) groups excluding carboxylic acids is 2. The summed E-state index contributed by atoms with van der Waals surface area (Å²) in [4.78, 5) is 37.0. The molecular formula is C18H16N4O5. The number of esters is 1. The fraction of sp³-hybridized carbons (Fsp3) is 0.167. The number of anilines is 1. The van der Waals surface area contributed by atoms with Crippen LogP contribution in [0.15, 0.2) is 36.4 Å².